The lowest BCUT2D eigenvalue weighted by atomic mass is 9.92. The molecule has 2 unspecified atom stereocenters. The Balaban J connectivity index is 1.84. The monoisotopic (exact) mass is 259 g/mol. The van der Waals surface area contributed by atoms with Crippen molar-refractivity contribution >= 4 is 22.9 Å². The molecule has 1 aliphatic carbocycles. The molecule has 0 aliphatic heterocycles. The summed E-state index contributed by atoms with van der Waals surface area (Å²) in [4.78, 5) is 1.30. The maximum atomic E-state index is 5.90. The summed E-state index contributed by atoms with van der Waals surface area (Å²) in [6.07, 6.45) is 5.38. The molecule has 0 radical (unpaired) electrons. The molecular weight excluding hydrogens is 242 g/mol. The van der Waals surface area contributed by atoms with E-state index in [0.717, 1.165) is 10.9 Å². The summed E-state index contributed by atoms with van der Waals surface area (Å²) in [5.41, 5.74) is 0. The van der Waals surface area contributed by atoms with Crippen LogP contribution in [0.3, 0.4) is 0 Å². The first-order chi connectivity index (χ1) is 7.79. The van der Waals surface area contributed by atoms with Gasteiger partial charge in [0.15, 0.2) is 0 Å². The molecule has 90 valence electrons. The minimum absolute atomic E-state index is 0.379. The molecule has 2 nitrogen and oxygen atoms in total. The van der Waals surface area contributed by atoms with E-state index in [1.54, 1.807) is 11.3 Å². The Hall–Kier alpha value is -0.0900. The Morgan fingerprint density at radius 3 is 2.94 bits per heavy atom. The quantitative estimate of drug-likeness (QED) is 0.894. The molecular formula is C12H18ClNOS. The molecule has 1 fully saturated rings. The van der Waals surface area contributed by atoms with Gasteiger partial charge in [-0.25, -0.2) is 0 Å². The average molecular weight is 260 g/mol. The van der Waals surface area contributed by atoms with E-state index in [0.29, 0.717) is 12.1 Å². The predicted molar refractivity (Wildman–Crippen MR) is 69.2 cm³/mol. The summed E-state index contributed by atoms with van der Waals surface area (Å²) in [6.45, 7) is 0.905. The van der Waals surface area contributed by atoms with Crippen LogP contribution >= 0.6 is 22.9 Å². The number of halogens is 1. The molecule has 0 saturated heterocycles. The van der Waals surface area contributed by atoms with Gasteiger partial charge in [-0.15, -0.1) is 11.3 Å². The average Bonchev–Trinajstić information content (AvgIpc) is 2.73. The molecule has 1 aromatic rings. The third kappa shape index (κ3) is 3.20. The second kappa shape index (κ2) is 6.01. The van der Waals surface area contributed by atoms with Crippen LogP contribution in [0.15, 0.2) is 12.1 Å². The fourth-order valence-corrected chi connectivity index (χ4v) is 3.33. The minimum Gasteiger partial charge on any atom is -0.380 e. The van der Waals surface area contributed by atoms with Crippen molar-refractivity contribution in [3.63, 3.8) is 0 Å². The highest BCUT2D eigenvalue weighted by atomic mass is 35.5. The summed E-state index contributed by atoms with van der Waals surface area (Å²) in [5, 5.41) is 3.58. The van der Waals surface area contributed by atoms with Gasteiger partial charge in [0.05, 0.1) is 10.4 Å². The molecule has 0 spiro atoms. The van der Waals surface area contributed by atoms with Crippen LogP contribution in [-0.4, -0.2) is 19.3 Å². The molecule has 16 heavy (non-hydrogen) atoms. The number of rotatable bonds is 4. The minimum atomic E-state index is 0.379. The van der Waals surface area contributed by atoms with E-state index in [4.69, 9.17) is 16.3 Å². The maximum Gasteiger partial charge on any atom is 0.0931 e. The van der Waals surface area contributed by atoms with E-state index in [2.05, 4.69) is 11.4 Å². The van der Waals surface area contributed by atoms with Crippen molar-refractivity contribution in [3.05, 3.63) is 21.3 Å². The Labute approximate surface area is 106 Å². The first-order valence-electron chi connectivity index (χ1n) is 5.80. The summed E-state index contributed by atoms with van der Waals surface area (Å²) < 4.78 is 6.38. The van der Waals surface area contributed by atoms with Crippen LogP contribution in [0.1, 0.15) is 30.6 Å². The van der Waals surface area contributed by atoms with E-state index < -0.39 is 0 Å². The van der Waals surface area contributed by atoms with Crippen molar-refractivity contribution in [1.82, 2.24) is 5.32 Å². The zero-order valence-corrected chi connectivity index (χ0v) is 11.1. The fourth-order valence-electron chi connectivity index (χ4n) is 2.29. The summed E-state index contributed by atoms with van der Waals surface area (Å²) in [6, 6.07) is 4.54. The van der Waals surface area contributed by atoms with Gasteiger partial charge < -0.3 is 10.1 Å². The Morgan fingerprint density at radius 2 is 2.25 bits per heavy atom. The first kappa shape index (κ1) is 12.4. The van der Waals surface area contributed by atoms with E-state index in [9.17, 15) is 0 Å². The number of methoxy groups -OCH3 is 1. The van der Waals surface area contributed by atoms with Crippen LogP contribution < -0.4 is 5.32 Å². The number of nitrogens with one attached hydrogen (secondary N) is 1. The number of hydrogen-bond donors (Lipinski definition) is 1. The van der Waals surface area contributed by atoms with Crippen LogP contribution in [0.4, 0.5) is 0 Å². The molecule has 0 aromatic carbocycles. The van der Waals surface area contributed by atoms with Gasteiger partial charge in [-0.05, 0) is 25.0 Å². The highest BCUT2D eigenvalue weighted by Crippen LogP contribution is 2.24. The van der Waals surface area contributed by atoms with Gasteiger partial charge in [-0.1, -0.05) is 24.4 Å². The SMILES string of the molecule is COC1CCCCC1NCc1ccc(Cl)s1. The van der Waals surface area contributed by atoms with Gasteiger partial charge in [0.25, 0.3) is 0 Å². The van der Waals surface area contributed by atoms with Crippen LogP contribution in [0.2, 0.25) is 4.34 Å². The molecule has 1 aliphatic rings. The van der Waals surface area contributed by atoms with Crippen LogP contribution in [-0.2, 0) is 11.3 Å². The Bertz CT molecular complexity index is 329. The lowest BCUT2D eigenvalue weighted by Crippen LogP contribution is -2.42. The van der Waals surface area contributed by atoms with E-state index >= 15 is 0 Å². The van der Waals surface area contributed by atoms with E-state index in [1.807, 2.05) is 13.2 Å². The highest BCUT2D eigenvalue weighted by molar-refractivity contribution is 7.16. The summed E-state index contributed by atoms with van der Waals surface area (Å²) >= 11 is 7.55. The largest absolute Gasteiger partial charge is 0.380 e. The van der Waals surface area contributed by atoms with Crippen LogP contribution in [0, 0.1) is 0 Å². The predicted octanol–water partition coefficient (Wildman–Crippen LogP) is 3.45. The molecule has 2 rings (SSSR count). The second-order valence-corrected chi connectivity index (χ2v) is 6.05. The first-order valence-corrected chi connectivity index (χ1v) is 6.99. The number of hydrogen-bond acceptors (Lipinski definition) is 3. The topological polar surface area (TPSA) is 21.3 Å². The number of thiophene rings is 1. The zero-order valence-electron chi connectivity index (χ0n) is 9.54. The van der Waals surface area contributed by atoms with Crippen molar-refractivity contribution in [3.8, 4) is 0 Å². The standard InChI is InChI=1S/C12H18ClNOS/c1-15-11-5-3-2-4-10(11)14-8-9-6-7-12(13)16-9/h6-7,10-11,14H,2-5,8H2,1H3. The molecule has 1 heterocycles. The molecule has 1 aromatic heterocycles. The zero-order chi connectivity index (χ0) is 11.4. The van der Waals surface area contributed by atoms with Gasteiger partial charge in [0.1, 0.15) is 0 Å². The van der Waals surface area contributed by atoms with Gasteiger partial charge in [-0.2, -0.15) is 0 Å². The molecule has 1 saturated carbocycles. The molecule has 0 bridgehead atoms. The third-order valence-corrected chi connectivity index (χ3v) is 4.40. The normalized spacial score (nSPS) is 25.9. The van der Waals surface area contributed by atoms with Gasteiger partial charge in [0.2, 0.25) is 0 Å². The summed E-state index contributed by atoms with van der Waals surface area (Å²) in [7, 11) is 1.81. The van der Waals surface area contributed by atoms with Gasteiger partial charge >= 0.3 is 0 Å². The Kier molecular flexibility index (Phi) is 4.65. The van der Waals surface area contributed by atoms with Crippen molar-refractivity contribution in [1.29, 1.82) is 0 Å². The molecule has 0 amide bonds. The van der Waals surface area contributed by atoms with Crippen molar-refractivity contribution < 1.29 is 4.74 Å². The maximum absolute atomic E-state index is 5.90. The van der Waals surface area contributed by atoms with Crippen LogP contribution in [0.5, 0.6) is 0 Å². The highest BCUT2D eigenvalue weighted by Gasteiger charge is 2.24. The molecule has 2 atom stereocenters. The van der Waals surface area contributed by atoms with Crippen molar-refractivity contribution in [2.75, 3.05) is 7.11 Å². The third-order valence-electron chi connectivity index (χ3n) is 3.17. The molecule has 1 N–H and O–H groups in total. The lowest BCUT2D eigenvalue weighted by molar-refractivity contribution is 0.0414. The summed E-state index contributed by atoms with van der Waals surface area (Å²) in [5.74, 6) is 0. The van der Waals surface area contributed by atoms with E-state index in [-0.39, 0.29) is 0 Å². The lowest BCUT2D eigenvalue weighted by Gasteiger charge is -2.31. The van der Waals surface area contributed by atoms with Gasteiger partial charge in [-0.3, -0.25) is 0 Å². The van der Waals surface area contributed by atoms with E-state index in [1.165, 1.54) is 30.6 Å². The van der Waals surface area contributed by atoms with Crippen molar-refractivity contribution in [2.24, 2.45) is 0 Å². The Morgan fingerprint density at radius 1 is 1.44 bits per heavy atom. The van der Waals surface area contributed by atoms with Crippen molar-refractivity contribution in [2.45, 2.75) is 44.4 Å². The number of ether oxygens (including phenoxy) is 1. The van der Waals surface area contributed by atoms with Gasteiger partial charge in [0, 0.05) is 24.6 Å². The van der Waals surface area contributed by atoms with Crippen LogP contribution in [0.25, 0.3) is 0 Å². The molecule has 4 heteroatoms. The second-order valence-electron chi connectivity index (χ2n) is 4.25. The fraction of sp³-hybridized carbons (Fsp3) is 0.667. The smallest absolute Gasteiger partial charge is 0.0931 e.